The lowest BCUT2D eigenvalue weighted by atomic mass is 10.1. The zero-order valence-electron chi connectivity index (χ0n) is 14.1. The van der Waals surface area contributed by atoms with E-state index in [0.29, 0.717) is 23.7 Å². The number of hydrogen-bond donors (Lipinski definition) is 0. The van der Waals surface area contributed by atoms with Gasteiger partial charge in [0.15, 0.2) is 0 Å². The zero-order chi connectivity index (χ0) is 17.4. The number of carbonyl (C=O) groups excluding carboxylic acids is 3. The Kier molecular flexibility index (Phi) is 4.54. The summed E-state index contributed by atoms with van der Waals surface area (Å²) in [6.07, 6.45) is 0.755. The standard InChI is InChI=1S/C17H21N3O3S/c1-11(21)19-7-6-12-8-13(4-5-14(12)19)16(22)20-10-24-9-15(20)17(23)18(2)3/h4-5,8,15H,6-7,9-10H2,1-3H3. The summed E-state index contributed by atoms with van der Waals surface area (Å²) in [4.78, 5) is 41.7. The molecule has 1 saturated heterocycles. The van der Waals surface area contributed by atoms with Gasteiger partial charge in [0.05, 0.1) is 5.88 Å². The van der Waals surface area contributed by atoms with E-state index in [1.165, 1.54) is 4.90 Å². The second-order valence-electron chi connectivity index (χ2n) is 6.29. The third kappa shape index (κ3) is 2.88. The average Bonchev–Trinajstić information content (AvgIpc) is 3.19. The molecule has 2 aliphatic rings. The lowest BCUT2D eigenvalue weighted by Gasteiger charge is -2.25. The van der Waals surface area contributed by atoms with Gasteiger partial charge in [0, 0.05) is 44.6 Å². The maximum absolute atomic E-state index is 12.9. The minimum atomic E-state index is -0.403. The van der Waals surface area contributed by atoms with E-state index in [-0.39, 0.29) is 17.7 Å². The molecular weight excluding hydrogens is 326 g/mol. The van der Waals surface area contributed by atoms with Crippen LogP contribution in [0.3, 0.4) is 0 Å². The lowest BCUT2D eigenvalue weighted by Crippen LogP contribution is -2.46. The van der Waals surface area contributed by atoms with Crippen LogP contribution in [0.15, 0.2) is 18.2 Å². The smallest absolute Gasteiger partial charge is 0.255 e. The van der Waals surface area contributed by atoms with Crippen LogP contribution in [0, 0.1) is 0 Å². The molecule has 2 aliphatic heterocycles. The number of likely N-dealkylation sites (N-methyl/N-ethyl adjacent to an activating group) is 1. The molecule has 3 amide bonds. The quantitative estimate of drug-likeness (QED) is 0.807. The van der Waals surface area contributed by atoms with Gasteiger partial charge in [0.2, 0.25) is 11.8 Å². The van der Waals surface area contributed by atoms with E-state index in [4.69, 9.17) is 0 Å². The van der Waals surface area contributed by atoms with Crippen LogP contribution in [-0.4, -0.2) is 65.8 Å². The summed E-state index contributed by atoms with van der Waals surface area (Å²) in [5.74, 6) is 1.01. The van der Waals surface area contributed by atoms with Crippen molar-refractivity contribution in [2.24, 2.45) is 0 Å². The van der Waals surface area contributed by atoms with Crippen molar-refractivity contribution >= 4 is 35.2 Å². The summed E-state index contributed by atoms with van der Waals surface area (Å²) in [5, 5.41) is 0. The predicted octanol–water partition coefficient (Wildman–Crippen LogP) is 1.20. The van der Waals surface area contributed by atoms with Crippen molar-refractivity contribution in [2.45, 2.75) is 19.4 Å². The summed E-state index contributed by atoms with van der Waals surface area (Å²) in [7, 11) is 3.42. The molecule has 3 rings (SSSR count). The van der Waals surface area contributed by atoms with E-state index < -0.39 is 6.04 Å². The number of amides is 3. The molecule has 1 fully saturated rings. The molecule has 1 atom stereocenters. The highest BCUT2D eigenvalue weighted by Gasteiger charge is 2.36. The van der Waals surface area contributed by atoms with Crippen LogP contribution in [0.25, 0.3) is 0 Å². The van der Waals surface area contributed by atoms with Crippen LogP contribution in [0.5, 0.6) is 0 Å². The van der Waals surface area contributed by atoms with Gasteiger partial charge in [0.25, 0.3) is 5.91 Å². The number of rotatable bonds is 2. The molecule has 1 aromatic carbocycles. The first-order valence-corrected chi connectivity index (χ1v) is 9.06. The van der Waals surface area contributed by atoms with Crippen LogP contribution < -0.4 is 4.90 Å². The maximum Gasteiger partial charge on any atom is 0.255 e. The Bertz CT molecular complexity index is 704. The average molecular weight is 347 g/mol. The first-order chi connectivity index (χ1) is 11.4. The topological polar surface area (TPSA) is 60.9 Å². The van der Waals surface area contributed by atoms with Crippen LogP contribution in [0.4, 0.5) is 5.69 Å². The predicted molar refractivity (Wildman–Crippen MR) is 94.1 cm³/mol. The molecule has 0 bridgehead atoms. The van der Waals surface area contributed by atoms with E-state index in [2.05, 4.69) is 0 Å². The van der Waals surface area contributed by atoms with E-state index in [9.17, 15) is 14.4 Å². The lowest BCUT2D eigenvalue weighted by molar-refractivity contribution is -0.132. The number of benzene rings is 1. The molecule has 7 heteroatoms. The second-order valence-corrected chi connectivity index (χ2v) is 7.29. The first-order valence-electron chi connectivity index (χ1n) is 7.91. The largest absolute Gasteiger partial charge is 0.347 e. The third-order valence-corrected chi connectivity index (χ3v) is 5.48. The Hall–Kier alpha value is -2.02. The van der Waals surface area contributed by atoms with Crippen molar-refractivity contribution < 1.29 is 14.4 Å². The molecule has 1 unspecified atom stereocenters. The van der Waals surface area contributed by atoms with Gasteiger partial charge in [-0.15, -0.1) is 11.8 Å². The van der Waals surface area contributed by atoms with Crippen LogP contribution in [0.2, 0.25) is 0 Å². The number of hydrogen-bond acceptors (Lipinski definition) is 4. The van der Waals surface area contributed by atoms with Crippen molar-refractivity contribution in [1.82, 2.24) is 9.80 Å². The van der Waals surface area contributed by atoms with Crippen molar-refractivity contribution in [3.8, 4) is 0 Å². The fourth-order valence-corrected chi connectivity index (χ4v) is 4.32. The fraction of sp³-hybridized carbons (Fsp3) is 0.471. The van der Waals surface area contributed by atoms with Crippen molar-refractivity contribution in [3.05, 3.63) is 29.3 Å². The molecule has 2 heterocycles. The molecule has 1 aromatic rings. The number of anilines is 1. The number of fused-ring (bicyclic) bond motifs is 1. The molecule has 0 aromatic heterocycles. The molecule has 0 radical (unpaired) electrons. The Balaban J connectivity index is 1.83. The van der Waals surface area contributed by atoms with E-state index in [1.54, 1.807) is 48.6 Å². The summed E-state index contributed by atoms with van der Waals surface area (Å²) < 4.78 is 0. The van der Waals surface area contributed by atoms with Gasteiger partial charge in [-0.05, 0) is 30.2 Å². The van der Waals surface area contributed by atoms with Crippen LogP contribution in [-0.2, 0) is 16.0 Å². The monoisotopic (exact) mass is 347 g/mol. The summed E-state index contributed by atoms with van der Waals surface area (Å²) in [6.45, 7) is 2.21. The van der Waals surface area contributed by atoms with Gasteiger partial charge in [-0.3, -0.25) is 14.4 Å². The fourth-order valence-electron chi connectivity index (χ4n) is 3.17. The van der Waals surface area contributed by atoms with Gasteiger partial charge in [-0.25, -0.2) is 0 Å². The van der Waals surface area contributed by atoms with E-state index >= 15 is 0 Å². The highest BCUT2D eigenvalue weighted by molar-refractivity contribution is 7.99. The minimum Gasteiger partial charge on any atom is -0.347 e. The van der Waals surface area contributed by atoms with Crippen molar-refractivity contribution in [1.29, 1.82) is 0 Å². The number of nitrogens with zero attached hydrogens (tertiary/aromatic N) is 3. The Morgan fingerprint density at radius 2 is 2.00 bits per heavy atom. The molecule has 6 nitrogen and oxygen atoms in total. The summed E-state index contributed by atoms with van der Waals surface area (Å²) in [6, 6.07) is 5.05. The van der Waals surface area contributed by atoms with E-state index in [0.717, 1.165) is 17.7 Å². The molecule has 128 valence electrons. The summed E-state index contributed by atoms with van der Waals surface area (Å²) in [5.41, 5.74) is 2.48. The molecule has 0 aliphatic carbocycles. The van der Waals surface area contributed by atoms with E-state index in [1.807, 2.05) is 12.1 Å². The van der Waals surface area contributed by atoms with Crippen LogP contribution in [0.1, 0.15) is 22.8 Å². The minimum absolute atomic E-state index is 0.0143. The number of carbonyl (C=O) groups is 3. The molecule has 24 heavy (non-hydrogen) atoms. The SMILES string of the molecule is CC(=O)N1CCc2cc(C(=O)N3CSCC3C(=O)N(C)C)ccc21. The third-order valence-electron chi connectivity index (χ3n) is 4.47. The van der Waals surface area contributed by atoms with Gasteiger partial charge >= 0.3 is 0 Å². The van der Waals surface area contributed by atoms with Crippen molar-refractivity contribution in [2.75, 3.05) is 37.2 Å². The van der Waals surface area contributed by atoms with Gasteiger partial charge < -0.3 is 14.7 Å². The van der Waals surface area contributed by atoms with Crippen molar-refractivity contribution in [3.63, 3.8) is 0 Å². The highest BCUT2D eigenvalue weighted by atomic mass is 32.2. The first kappa shape index (κ1) is 16.8. The number of thioether (sulfide) groups is 1. The molecular formula is C17H21N3O3S. The normalized spacial score (nSPS) is 19.4. The highest BCUT2D eigenvalue weighted by Crippen LogP contribution is 2.30. The van der Waals surface area contributed by atoms with Gasteiger partial charge in [-0.2, -0.15) is 0 Å². The Morgan fingerprint density at radius 1 is 1.25 bits per heavy atom. The Morgan fingerprint density at radius 3 is 2.67 bits per heavy atom. The zero-order valence-corrected chi connectivity index (χ0v) is 14.9. The van der Waals surface area contributed by atoms with Gasteiger partial charge in [-0.1, -0.05) is 0 Å². The molecule has 0 N–H and O–H groups in total. The summed E-state index contributed by atoms with van der Waals surface area (Å²) >= 11 is 1.59. The van der Waals surface area contributed by atoms with Crippen LogP contribution >= 0.6 is 11.8 Å². The second kappa shape index (κ2) is 6.47. The molecule has 0 saturated carbocycles. The molecule has 0 spiro atoms. The van der Waals surface area contributed by atoms with Gasteiger partial charge in [0.1, 0.15) is 6.04 Å². The maximum atomic E-state index is 12.9. The Labute approximate surface area is 145 Å².